The van der Waals surface area contributed by atoms with Crippen molar-refractivity contribution in [1.29, 1.82) is 0 Å². The van der Waals surface area contributed by atoms with Crippen LogP contribution in [0.3, 0.4) is 0 Å². The fraction of sp³-hybridized carbons (Fsp3) is 0.429. The lowest BCUT2D eigenvalue weighted by Gasteiger charge is -2.07. The van der Waals surface area contributed by atoms with Crippen LogP contribution in [0.2, 0.25) is 5.02 Å². The summed E-state index contributed by atoms with van der Waals surface area (Å²) in [6.45, 7) is 5.01. The van der Waals surface area contributed by atoms with Crippen molar-refractivity contribution in [2.45, 2.75) is 38.4 Å². The van der Waals surface area contributed by atoms with E-state index >= 15 is 0 Å². The van der Waals surface area contributed by atoms with Crippen molar-refractivity contribution in [3.63, 3.8) is 0 Å². The lowest BCUT2D eigenvalue weighted by Crippen LogP contribution is -2.15. The molecule has 0 atom stereocenters. The lowest BCUT2D eigenvalue weighted by atomic mass is 10.4. The van der Waals surface area contributed by atoms with Gasteiger partial charge in [0.1, 0.15) is 11.6 Å². The predicted octanol–water partition coefficient (Wildman–Crippen LogP) is 3.03. The molecule has 0 aromatic carbocycles. The van der Waals surface area contributed by atoms with Gasteiger partial charge in [-0.3, -0.25) is 4.79 Å². The maximum atomic E-state index is 12.0. The van der Waals surface area contributed by atoms with Crippen molar-refractivity contribution in [2.24, 2.45) is 0 Å². The molecule has 8 heteroatoms. The zero-order valence-electron chi connectivity index (χ0n) is 12.5. The number of nitrogens with zero attached hydrogens (tertiary/aromatic N) is 4. The monoisotopic (exact) mass is 339 g/mol. The summed E-state index contributed by atoms with van der Waals surface area (Å²) in [7, 11) is 0. The van der Waals surface area contributed by atoms with Gasteiger partial charge in [-0.05, 0) is 18.6 Å². The highest BCUT2D eigenvalue weighted by molar-refractivity contribution is 7.99. The molecule has 2 aromatic rings. The smallest absolute Gasteiger partial charge is 0.236 e. The number of hydrogen-bond acceptors (Lipinski definition) is 5. The molecule has 2 heterocycles. The summed E-state index contributed by atoms with van der Waals surface area (Å²) in [5.41, 5.74) is 0. The van der Waals surface area contributed by atoms with Crippen LogP contribution in [0.5, 0.6) is 0 Å². The molecule has 118 valence electrons. The number of aryl methyl sites for hydroxylation is 1. The first-order valence-corrected chi connectivity index (χ1v) is 8.46. The Balaban J connectivity index is 1.93. The molecule has 0 aliphatic heterocycles. The number of amides is 1. The Labute approximate surface area is 138 Å². The molecule has 2 rings (SSSR count). The molecule has 0 saturated heterocycles. The Kier molecular flexibility index (Phi) is 6.21. The third-order valence-corrected chi connectivity index (χ3v) is 4.07. The summed E-state index contributed by atoms with van der Waals surface area (Å²) in [6, 6.07) is 3.35. The highest BCUT2D eigenvalue weighted by atomic mass is 35.5. The predicted molar refractivity (Wildman–Crippen MR) is 88.3 cm³/mol. The van der Waals surface area contributed by atoms with E-state index in [1.807, 2.05) is 6.92 Å². The minimum Gasteiger partial charge on any atom is -0.310 e. The van der Waals surface area contributed by atoms with Crippen LogP contribution in [0, 0.1) is 0 Å². The van der Waals surface area contributed by atoms with Crippen molar-refractivity contribution < 1.29 is 4.79 Å². The Morgan fingerprint density at radius 3 is 2.82 bits per heavy atom. The van der Waals surface area contributed by atoms with Crippen molar-refractivity contribution >= 4 is 35.1 Å². The third-order valence-electron chi connectivity index (χ3n) is 2.88. The number of hydrogen-bond donors (Lipinski definition) is 1. The molecule has 2 aromatic heterocycles. The highest BCUT2D eigenvalue weighted by Crippen LogP contribution is 2.18. The molecular formula is C14H18ClN5OS. The summed E-state index contributed by atoms with van der Waals surface area (Å²) < 4.78 is 2.07. The van der Waals surface area contributed by atoms with Crippen LogP contribution in [-0.4, -0.2) is 31.4 Å². The summed E-state index contributed by atoms with van der Waals surface area (Å²) >= 11 is 7.13. The summed E-state index contributed by atoms with van der Waals surface area (Å²) in [6.07, 6.45) is 3.32. The first kappa shape index (κ1) is 16.8. The van der Waals surface area contributed by atoms with E-state index < -0.39 is 0 Å². The van der Waals surface area contributed by atoms with E-state index in [0.29, 0.717) is 10.8 Å². The molecular weight excluding hydrogens is 322 g/mol. The molecule has 0 aliphatic rings. The molecule has 0 saturated carbocycles. The number of thioether (sulfide) groups is 1. The van der Waals surface area contributed by atoms with Crippen LogP contribution in [0.1, 0.15) is 26.1 Å². The SMILES string of the molecule is CCCn1c(CC)nnc1SCC(=O)Nc1ccc(Cl)cn1. The molecule has 0 fully saturated rings. The van der Waals surface area contributed by atoms with E-state index in [1.165, 1.54) is 18.0 Å². The number of anilines is 1. The molecule has 1 N–H and O–H groups in total. The molecule has 6 nitrogen and oxygen atoms in total. The fourth-order valence-corrected chi connectivity index (χ4v) is 2.79. The first-order chi connectivity index (χ1) is 10.6. The van der Waals surface area contributed by atoms with Crippen LogP contribution < -0.4 is 5.32 Å². The Hall–Kier alpha value is -1.60. The Morgan fingerprint density at radius 2 is 2.18 bits per heavy atom. The quantitative estimate of drug-likeness (QED) is 0.785. The number of halogens is 1. The normalized spacial score (nSPS) is 10.7. The van der Waals surface area contributed by atoms with Gasteiger partial charge in [0.15, 0.2) is 5.16 Å². The number of aromatic nitrogens is 4. The highest BCUT2D eigenvalue weighted by Gasteiger charge is 2.12. The number of carbonyl (C=O) groups is 1. The van der Waals surface area contributed by atoms with Crippen molar-refractivity contribution in [1.82, 2.24) is 19.7 Å². The summed E-state index contributed by atoms with van der Waals surface area (Å²) in [5, 5.41) is 12.4. The molecule has 0 radical (unpaired) electrons. The number of pyridine rings is 1. The average molecular weight is 340 g/mol. The Morgan fingerprint density at radius 1 is 1.36 bits per heavy atom. The van der Waals surface area contributed by atoms with E-state index in [2.05, 4.69) is 32.0 Å². The van der Waals surface area contributed by atoms with Gasteiger partial charge in [0.2, 0.25) is 5.91 Å². The van der Waals surface area contributed by atoms with Gasteiger partial charge in [-0.15, -0.1) is 10.2 Å². The van der Waals surface area contributed by atoms with E-state index in [0.717, 1.165) is 30.4 Å². The van der Waals surface area contributed by atoms with Gasteiger partial charge < -0.3 is 9.88 Å². The van der Waals surface area contributed by atoms with E-state index in [4.69, 9.17) is 11.6 Å². The minimum atomic E-state index is -0.135. The average Bonchev–Trinajstić information content (AvgIpc) is 2.90. The van der Waals surface area contributed by atoms with Crippen molar-refractivity contribution in [3.05, 3.63) is 29.2 Å². The summed E-state index contributed by atoms with van der Waals surface area (Å²) in [4.78, 5) is 16.0. The van der Waals surface area contributed by atoms with Gasteiger partial charge in [-0.2, -0.15) is 0 Å². The van der Waals surface area contributed by atoms with Gasteiger partial charge in [-0.25, -0.2) is 4.98 Å². The maximum absolute atomic E-state index is 12.0. The van der Waals surface area contributed by atoms with Gasteiger partial charge >= 0.3 is 0 Å². The van der Waals surface area contributed by atoms with E-state index in [-0.39, 0.29) is 11.7 Å². The van der Waals surface area contributed by atoms with Crippen LogP contribution in [0.4, 0.5) is 5.82 Å². The maximum Gasteiger partial charge on any atom is 0.236 e. The zero-order valence-corrected chi connectivity index (χ0v) is 14.1. The van der Waals surface area contributed by atoms with E-state index in [9.17, 15) is 4.79 Å². The van der Waals surface area contributed by atoms with Crippen molar-refractivity contribution in [3.8, 4) is 0 Å². The standard InChI is InChI=1S/C14H18ClN5OS/c1-3-7-20-12(4-2)18-19-14(20)22-9-13(21)17-11-6-5-10(15)8-16-11/h5-6,8H,3-4,7,9H2,1-2H3,(H,16,17,21). The van der Waals surface area contributed by atoms with E-state index in [1.54, 1.807) is 12.1 Å². The largest absolute Gasteiger partial charge is 0.310 e. The molecule has 1 amide bonds. The second-order valence-corrected chi connectivity index (χ2v) is 5.98. The molecule has 0 spiro atoms. The first-order valence-electron chi connectivity index (χ1n) is 7.10. The number of carbonyl (C=O) groups excluding carboxylic acids is 1. The second-order valence-electron chi connectivity index (χ2n) is 4.60. The van der Waals surface area contributed by atoms with Gasteiger partial charge in [0, 0.05) is 19.2 Å². The topological polar surface area (TPSA) is 72.7 Å². The van der Waals surface area contributed by atoms with Crippen LogP contribution >= 0.6 is 23.4 Å². The third kappa shape index (κ3) is 4.45. The fourth-order valence-electron chi connectivity index (χ4n) is 1.89. The second kappa shape index (κ2) is 8.14. The lowest BCUT2D eigenvalue weighted by molar-refractivity contribution is -0.113. The molecule has 0 bridgehead atoms. The van der Waals surface area contributed by atoms with Gasteiger partial charge in [0.05, 0.1) is 10.8 Å². The zero-order chi connectivity index (χ0) is 15.9. The number of nitrogens with one attached hydrogen (secondary N) is 1. The van der Waals surface area contributed by atoms with Gasteiger partial charge in [0.25, 0.3) is 0 Å². The van der Waals surface area contributed by atoms with Crippen LogP contribution in [-0.2, 0) is 17.8 Å². The summed E-state index contributed by atoms with van der Waals surface area (Å²) in [5.74, 6) is 1.56. The minimum absolute atomic E-state index is 0.135. The number of rotatable bonds is 7. The van der Waals surface area contributed by atoms with Crippen LogP contribution in [0.15, 0.2) is 23.5 Å². The van der Waals surface area contributed by atoms with Crippen LogP contribution in [0.25, 0.3) is 0 Å². The molecule has 0 unspecified atom stereocenters. The molecule has 22 heavy (non-hydrogen) atoms. The van der Waals surface area contributed by atoms with Crippen molar-refractivity contribution in [2.75, 3.05) is 11.1 Å². The molecule has 0 aliphatic carbocycles. The Bertz CT molecular complexity index is 629. The van der Waals surface area contributed by atoms with Gasteiger partial charge in [-0.1, -0.05) is 37.2 Å².